The molecule has 28 heavy (non-hydrogen) atoms. The number of rotatable bonds is 17. The number of amides is 1. The van der Waals surface area contributed by atoms with E-state index >= 15 is 0 Å². The van der Waals surface area contributed by atoms with Crippen molar-refractivity contribution in [2.24, 2.45) is 0 Å². The minimum Gasteiger partial charge on any atom is -0.480 e. The zero-order valence-electron chi connectivity index (χ0n) is 18.6. The lowest BCUT2D eigenvalue weighted by Crippen LogP contribution is -2.31. The van der Waals surface area contributed by atoms with Crippen LogP contribution in [0.15, 0.2) is 12.2 Å². The molecule has 0 aromatic heterocycles. The average molecular weight is 400 g/mol. The maximum atomic E-state index is 11.7. The molecule has 0 aromatic carbocycles. The van der Waals surface area contributed by atoms with Gasteiger partial charge < -0.3 is 15.1 Å². The zero-order valence-corrected chi connectivity index (χ0v) is 18.6. The lowest BCUT2D eigenvalue weighted by atomic mass is 10.1. The van der Waals surface area contributed by atoms with Crippen LogP contribution >= 0.6 is 0 Å². The van der Waals surface area contributed by atoms with Crippen LogP contribution in [0.4, 0.5) is 0 Å². The van der Waals surface area contributed by atoms with Gasteiger partial charge in [-0.15, -0.1) is 0 Å². The maximum absolute atomic E-state index is 11.7. The molecule has 2 N–H and O–H groups in total. The number of carboxylic acid groups (broad SMARTS) is 1. The number of carbonyl (C=O) groups is 2. The summed E-state index contributed by atoms with van der Waals surface area (Å²) < 4.78 is 0. The van der Waals surface area contributed by atoms with E-state index in [4.69, 9.17) is 10.2 Å². The van der Waals surface area contributed by atoms with Crippen molar-refractivity contribution < 1.29 is 19.8 Å². The summed E-state index contributed by atoms with van der Waals surface area (Å²) in [5.74, 6) is -1.03. The first-order valence-corrected chi connectivity index (χ1v) is 11.2. The smallest absolute Gasteiger partial charge is 0.323 e. The van der Waals surface area contributed by atoms with Gasteiger partial charge in [0, 0.05) is 20.1 Å². The summed E-state index contributed by atoms with van der Waals surface area (Å²) in [5.41, 5.74) is 0. The van der Waals surface area contributed by atoms with Crippen molar-refractivity contribution in [2.45, 2.75) is 104 Å². The first-order chi connectivity index (χ1) is 13.5. The van der Waals surface area contributed by atoms with Gasteiger partial charge in [0.25, 0.3) is 0 Å². The third-order valence-corrected chi connectivity index (χ3v) is 4.45. The topological polar surface area (TPSA) is 77.8 Å². The summed E-state index contributed by atoms with van der Waals surface area (Å²) in [6.45, 7) is 3.98. The molecule has 5 heteroatoms. The molecule has 1 amide bonds. The van der Waals surface area contributed by atoms with Crippen LogP contribution in [0.1, 0.15) is 104 Å². The molecule has 0 aromatic rings. The number of unbranched alkanes of at least 4 members (excludes halogenated alkanes) is 11. The summed E-state index contributed by atoms with van der Waals surface area (Å²) in [6.07, 6.45) is 21.1. The Hall–Kier alpha value is -1.36. The normalized spacial score (nSPS) is 10.6. The van der Waals surface area contributed by atoms with E-state index in [9.17, 15) is 9.59 Å². The molecular formula is C23H45NO4. The first-order valence-electron chi connectivity index (χ1n) is 11.2. The highest BCUT2D eigenvalue weighted by Gasteiger charge is 2.10. The van der Waals surface area contributed by atoms with Crippen molar-refractivity contribution in [3.05, 3.63) is 12.2 Å². The summed E-state index contributed by atoms with van der Waals surface area (Å²) >= 11 is 0. The lowest BCUT2D eigenvalue weighted by molar-refractivity contribution is -0.143. The minimum absolute atomic E-state index is 0.0694. The molecule has 0 spiro atoms. The number of nitrogens with zero attached hydrogens (tertiary/aromatic N) is 1. The quantitative estimate of drug-likeness (QED) is 0.248. The number of aliphatic carboxylic acids is 1. The molecule has 0 saturated carbocycles. The molecule has 0 atom stereocenters. The van der Waals surface area contributed by atoms with Crippen molar-refractivity contribution in [1.29, 1.82) is 0 Å². The van der Waals surface area contributed by atoms with Crippen LogP contribution in [0.25, 0.3) is 0 Å². The highest BCUT2D eigenvalue weighted by molar-refractivity contribution is 5.80. The molecule has 0 unspecified atom stereocenters. The standard InChI is InChI=1S/C21H39NO3.C2H6O/c1-3-4-5-6-7-8-9-10-11-12-13-14-15-16-17-18-20(23)22(2)19-21(24)25;1-2-3/h10-11H,3-9,12-19H2,1-2H3,(H,24,25);3H,2H2,1H3/b11-10-;. The second kappa shape index (κ2) is 23.7. The molecular weight excluding hydrogens is 354 g/mol. The number of hydrogen-bond donors (Lipinski definition) is 2. The SMILES string of the molecule is CCCCCCCC/C=C\CCCCCCCC(=O)N(C)CC(=O)O.CCO. The highest BCUT2D eigenvalue weighted by Crippen LogP contribution is 2.10. The second-order valence-electron chi connectivity index (χ2n) is 7.29. The first kappa shape index (κ1) is 28.8. The monoisotopic (exact) mass is 399 g/mol. The Morgan fingerprint density at radius 1 is 0.786 bits per heavy atom. The Morgan fingerprint density at radius 2 is 1.21 bits per heavy atom. The van der Waals surface area contributed by atoms with Gasteiger partial charge in [0.15, 0.2) is 0 Å². The highest BCUT2D eigenvalue weighted by atomic mass is 16.4. The Labute approximate surface area is 173 Å². The summed E-state index contributed by atoms with van der Waals surface area (Å²) in [6, 6.07) is 0. The van der Waals surface area contributed by atoms with E-state index in [-0.39, 0.29) is 19.1 Å². The zero-order chi connectivity index (χ0) is 21.5. The average Bonchev–Trinajstić information content (AvgIpc) is 2.64. The van der Waals surface area contributed by atoms with E-state index in [0.29, 0.717) is 6.42 Å². The molecule has 0 rings (SSSR count). The van der Waals surface area contributed by atoms with Crippen LogP contribution < -0.4 is 0 Å². The molecule has 5 nitrogen and oxygen atoms in total. The number of carboxylic acids is 1. The number of carbonyl (C=O) groups excluding carboxylic acids is 1. The summed E-state index contributed by atoms with van der Waals surface area (Å²) in [7, 11) is 1.55. The largest absolute Gasteiger partial charge is 0.480 e. The van der Waals surface area contributed by atoms with E-state index in [1.165, 1.54) is 62.7 Å². The third-order valence-electron chi connectivity index (χ3n) is 4.45. The van der Waals surface area contributed by atoms with Gasteiger partial charge in [-0.25, -0.2) is 0 Å². The van der Waals surface area contributed by atoms with Crippen LogP contribution in [0, 0.1) is 0 Å². The molecule has 0 fully saturated rings. The van der Waals surface area contributed by atoms with E-state index in [1.807, 2.05) is 0 Å². The fourth-order valence-electron chi connectivity index (χ4n) is 2.83. The number of aliphatic hydroxyl groups is 1. The molecule has 0 aliphatic carbocycles. The number of allylic oxidation sites excluding steroid dienone is 2. The summed E-state index contributed by atoms with van der Waals surface area (Å²) in [5, 5.41) is 16.2. The van der Waals surface area contributed by atoms with Gasteiger partial charge in [0.2, 0.25) is 5.91 Å². The van der Waals surface area contributed by atoms with Crippen molar-refractivity contribution in [3.63, 3.8) is 0 Å². The van der Waals surface area contributed by atoms with E-state index in [0.717, 1.165) is 25.7 Å². The van der Waals surface area contributed by atoms with Crippen LogP contribution in [0.3, 0.4) is 0 Å². The van der Waals surface area contributed by atoms with E-state index < -0.39 is 5.97 Å². The van der Waals surface area contributed by atoms with Crippen LogP contribution in [0.2, 0.25) is 0 Å². The Kier molecular flexibility index (Phi) is 24.4. The van der Waals surface area contributed by atoms with Crippen LogP contribution in [-0.4, -0.2) is 47.2 Å². The van der Waals surface area contributed by atoms with Gasteiger partial charge in [-0.2, -0.15) is 0 Å². The van der Waals surface area contributed by atoms with Gasteiger partial charge >= 0.3 is 5.97 Å². The second-order valence-corrected chi connectivity index (χ2v) is 7.29. The fraction of sp³-hybridized carbons (Fsp3) is 0.826. The van der Waals surface area contributed by atoms with Gasteiger partial charge in [0.1, 0.15) is 6.54 Å². The van der Waals surface area contributed by atoms with E-state index in [1.54, 1.807) is 14.0 Å². The van der Waals surface area contributed by atoms with Crippen LogP contribution in [-0.2, 0) is 9.59 Å². The summed E-state index contributed by atoms with van der Waals surface area (Å²) in [4.78, 5) is 23.5. The van der Waals surface area contributed by atoms with Gasteiger partial charge in [-0.05, 0) is 39.0 Å². The number of aliphatic hydroxyl groups excluding tert-OH is 1. The van der Waals surface area contributed by atoms with Gasteiger partial charge in [0.05, 0.1) is 0 Å². The number of likely N-dealkylation sites (N-methyl/N-ethyl adjacent to an activating group) is 1. The predicted molar refractivity (Wildman–Crippen MR) is 117 cm³/mol. The molecule has 0 saturated heterocycles. The Bertz CT molecular complexity index is 383. The van der Waals surface area contributed by atoms with Crippen molar-refractivity contribution in [2.75, 3.05) is 20.2 Å². The Balaban J connectivity index is 0. The fourth-order valence-corrected chi connectivity index (χ4v) is 2.83. The lowest BCUT2D eigenvalue weighted by Gasteiger charge is -2.14. The van der Waals surface area contributed by atoms with Crippen molar-refractivity contribution in [3.8, 4) is 0 Å². The maximum Gasteiger partial charge on any atom is 0.323 e. The molecule has 0 heterocycles. The molecule has 0 aliphatic heterocycles. The Morgan fingerprint density at radius 3 is 1.68 bits per heavy atom. The number of hydrogen-bond acceptors (Lipinski definition) is 3. The third kappa shape index (κ3) is 24.6. The van der Waals surface area contributed by atoms with Crippen molar-refractivity contribution in [1.82, 2.24) is 4.90 Å². The van der Waals surface area contributed by atoms with Crippen molar-refractivity contribution >= 4 is 11.9 Å². The van der Waals surface area contributed by atoms with E-state index in [2.05, 4.69) is 19.1 Å². The van der Waals surface area contributed by atoms with Gasteiger partial charge in [-0.3, -0.25) is 9.59 Å². The van der Waals surface area contributed by atoms with Gasteiger partial charge in [-0.1, -0.05) is 70.4 Å². The molecule has 0 radical (unpaired) electrons. The molecule has 0 bridgehead atoms. The minimum atomic E-state index is -0.958. The predicted octanol–water partition coefficient (Wildman–Crippen LogP) is 5.57. The molecule has 0 aliphatic rings. The molecule has 166 valence electrons. The van der Waals surface area contributed by atoms with Crippen LogP contribution in [0.5, 0.6) is 0 Å².